The molecule has 116 valence electrons. The highest BCUT2D eigenvalue weighted by Crippen LogP contribution is 2.12. The van der Waals surface area contributed by atoms with Crippen molar-refractivity contribution < 1.29 is 4.39 Å². The van der Waals surface area contributed by atoms with Crippen LogP contribution in [0.25, 0.3) is 5.82 Å². The molecule has 0 fully saturated rings. The number of aromatic nitrogens is 4. The molecule has 2 aromatic heterocycles. The molecule has 7 heteroatoms. The van der Waals surface area contributed by atoms with E-state index in [0.29, 0.717) is 17.2 Å². The Hall–Kier alpha value is -3.09. The number of hydrogen-bond donors (Lipinski definition) is 1. The highest BCUT2D eigenvalue weighted by Gasteiger charge is 2.06. The van der Waals surface area contributed by atoms with Gasteiger partial charge in [0.25, 0.3) is 0 Å². The Morgan fingerprint density at radius 1 is 1.17 bits per heavy atom. The average molecular weight is 310 g/mol. The molecule has 3 aromatic rings. The monoisotopic (exact) mass is 310 g/mol. The maximum Gasteiger partial charge on any atom is 0.159 e. The number of benzene rings is 1. The van der Waals surface area contributed by atoms with Gasteiger partial charge in [-0.2, -0.15) is 10.2 Å². The van der Waals surface area contributed by atoms with Gasteiger partial charge in [-0.25, -0.2) is 19.0 Å². The molecule has 1 aromatic carbocycles. The highest BCUT2D eigenvalue weighted by atomic mass is 19.1. The number of halogens is 1. The van der Waals surface area contributed by atoms with Crippen molar-refractivity contribution in [3.8, 4) is 5.82 Å². The van der Waals surface area contributed by atoms with Crippen LogP contribution in [0.4, 0.5) is 10.2 Å². The average Bonchev–Trinajstić information content (AvgIpc) is 2.88. The molecule has 0 amide bonds. The number of hydrazone groups is 1. The minimum atomic E-state index is -0.330. The van der Waals surface area contributed by atoms with Crippen molar-refractivity contribution in [2.45, 2.75) is 13.8 Å². The fraction of sp³-hybridized carbons (Fsp3) is 0.125. The van der Waals surface area contributed by atoms with Crippen molar-refractivity contribution in [3.05, 3.63) is 65.5 Å². The summed E-state index contributed by atoms with van der Waals surface area (Å²) < 4.78 is 15.2. The molecule has 0 saturated heterocycles. The standard InChI is InChI=1S/C16H15FN6/c1-11-7-12(2)23(22-11)16-8-15(18-10-19-16)21-20-9-13-5-3-4-6-14(13)17/h3-10H,1-2H3,(H,18,19,21)/b20-9+. The second kappa shape index (κ2) is 6.35. The van der Waals surface area contributed by atoms with E-state index in [2.05, 4.69) is 25.6 Å². The fourth-order valence-corrected chi connectivity index (χ4v) is 2.13. The first-order valence-electron chi connectivity index (χ1n) is 7.03. The fourth-order valence-electron chi connectivity index (χ4n) is 2.13. The van der Waals surface area contributed by atoms with E-state index >= 15 is 0 Å². The Balaban J connectivity index is 1.78. The summed E-state index contributed by atoms with van der Waals surface area (Å²) in [7, 11) is 0. The summed E-state index contributed by atoms with van der Waals surface area (Å²) in [5, 5.41) is 8.37. The van der Waals surface area contributed by atoms with Crippen LogP contribution < -0.4 is 5.43 Å². The molecule has 0 aliphatic rings. The van der Waals surface area contributed by atoms with Crippen molar-refractivity contribution in [3.63, 3.8) is 0 Å². The number of nitrogens with zero attached hydrogens (tertiary/aromatic N) is 5. The van der Waals surface area contributed by atoms with Crippen LogP contribution in [0.3, 0.4) is 0 Å². The molecule has 1 N–H and O–H groups in total. The van der Waals surface area contributed by atoms with Gasteiger partial charge in [-0.3, -0.25) is 5.43 Å². The van der Waals surface area contributed by atoms with Crippen LogP contribution in [0.5, 0.6) is 0 Å². The maximum absolute atomic E-state index is 13.5. The zero-order chi connectivity index (χ0) is 16.2. The third-order valence-electron chi connectivity index (χ3n) is 3.17. The first-order chi connectivity index (χ1) is 11.1. The second-order valence-electron chi connectivity index (χ2n) is 4.99. The SMILES string of the molecule is Cc1cc(C)n(-c2cc(N/N=C/c3ccccc3F)ncn2)n1. The number of hydrogen-bond acceptors (Lipinski definition) is 5. The summed E-state index contributed by atoms with van der Waals surface area (Å²) in [4.78, 5) is 8.29. The molecule has 0 atom stereocenters. The van der Waals surface area contributed by atoms with E-state index in [-0.39, 0.29) is 5.82 Å². The summed E-state index contributed by atoms with van der Waals surface area (Å²) >= 11 is 0. The van der Waals surface area contributed by atoms with Crippen LogP contribution in [0.2, 0.25) is 0 Å². The van der Waals surface area contributed by atoms with Crippen molar-refractivity contribution in [2.24, 2.45) is 5.10 Å². The largest absolute Gasteiger partial charge is 0.261 e. The molecule has 0 saturated carbocycles. The molecular formula is C16H15FN6. The molecule has 0 aliphatic heterocycles. The lowest BCUT2D eigenvalue weighted by molar-refractivity contribution is 0.626. The van der Waals surface area contributed by atoms with Gasteiger partial charge in [0.1, 0.15) is 12.1 Å². The molecule has 0 bridgehead atoms. The van der Waals surface area contributed by atoms with E-state index < -0.39 is 0 Å². The van der Waals surface area contributed by atoms with Crippen molar-refractivity contribution in [1.82, 2.24) is 19.7 Å². The minimum absolute atomic E-state index is 0.330. The molecule has 0 aliphatic carbocycles. The van der Waals surface area contributed by atoms with Crippen LogP contribution in [-0.2, 0) is 0 Å². The molecule has 2 heterocycles. The Morgan fingerprint density at radius 3 is 2.74 bits per heavy atom. The molecular weight excluding hydrogens is 295 g/mol. The zero-order valence-corrected chi connectivity index (χ0v) is 12.7. The number of nitrogens with one attached hydrogen (secondary N) is 1. The van der Waals surface area contributed by atoms with Crippen LogP contribution in [0, 0.1) is 19.7 Å². The van der Waals surface area contributed by atoms with E-state index in [1.54, 1.807) is 28.9 Å². The van der Waals surface area contributed by atoms with Crippen LogP contribution in [-0.4, -0.2) is 26.0 Å². The summed E-state index contributed by atoms with van der Waals surface area (Å²) in [6.07, 6.45) is 2.83. The minimum Gasteiger partial charge on any atom is -0.261 e. The van der Waals surface area contributed by atoms with E-state index in [1.165, 1.54) is 18.6 Å². The van der Waals surface area contributed by atoms with Crippen molar-refractivity contribution in [2.75, 3.05) is 5.43 Å². The van der Waals surface area contributed by atoms with E-state index in [9.17, 15) is 4.39 Å². The van der Waals surface area contributed by atoms with Crippen molar-refractivity contribution >= 4 is 12.0 Å². The van der Waals surface area contributed by atoms with E-state index in [0.717, 1.165) is 11.4 Å². The third-order valence-corrected chi connectivity index (χ3v) is 3.17. The lowest BCUT2D eigenvalue weighted by Crippen LogP contribution is -2.04. The first-order valence-corrected chi connectivity index (χ1v) is 7.03. The molecule has 0 unspecified atom stereocenters. The molecule has 0 radical (unpaired) electrons. The van der Waals surface area contributed by atoms with Gasteiger partial charge in [0.05, 0.1) is 11.9 Å². The number of anilines is 1. The van der Waals surface area contributed by atoms with Gasteiger partial charge < -0.3 is 0 Å². The van der Waals surface area contributed by atoms with E-state index in [1.807, 2.05) is 19.9 Å². The lowest BCUT2D eigenvalue weighted by Gasteiger charge is -2.05. The topological polar surface area (TPSA) is 68.0 Å². The predicted octanol–water partition coefficient (Wildman–Crippen LogP) is 2.86. The third kappa shape index (κ3) is 3.39. The van der Waals surface area contributed by atoms with Crippen LogP contribution in [0.1, 0.15) is 17.0 Å². The summed E-state index contributed by atoms with van der Waals surface area (Å²) in [6.45, 7) is 3.87. The Bertz CT molecular complexity index is 855. The maximum atomic E-state index is 13.5. The normalized spacial score (nSPS) is 11.1. The smallest absolute Gasteiger partial charge is 0.159 e. The van der Waals surface area contributed by atoms with Gasteiger partial charge in [0.15, 0.2) is 11.6 Å². The van der Waals surface area contributed by atoms with Gasteiger partial charge in [-0.15, -0.1) is 0 Å². The van der Waals surface area contributed by atoms with Gasteiger partial charge in [0, 0.05) is 17.3 Å². The van der Waals surface area contributed by atoms with E-state index in [4.69, 9.17) is 0 Å². The quantitative estimate of drug-likeness (QED) is 0.594. The predicted molar refractivity (Wildman–Crippen MR) is 86.2 cm³/mol. The molecule has 3 rings (SSSR count). The van der Waals surface area contributed by atoms with Crippen molar-refractivity contribution in [1.29, 1.82) is 0 Å². The molecule has 6 nitrogen and oxygen atoms in total. The van der Waals surface area contributed by atoms with Crippen LogP contribution >= 0.6 is 0 Å². The van der Waals surface area contributed by atoms with Crippen LogP contribution in [0.15, 0.2) is 47.8 Å². The Kier molecular flexibility index (Phi) is 4.09. The van der Waals surface area contributed by atoms with Gasteiger partial charge >= 0.3 is 0 Å². The lowest BCUT2D eigenvalue weighted by atomic mass is 10.2. The summed E-state index contributed by atoms with van der Waals surface area (Å²) in [6, 6.07) is 10.1. The zero-order valence-electron chi connectivity index (χ0n) is 12.7. The highest BCUT2D eigenvalue weighted by molar-refractivity contribution is 5.80. The Labute approximate surface area is 132 Å². The molecule has 0 spiro atoms. The number of rotatable bonds is 4. The summed E-state index contributed by atoms with van der Waals surface area (Å²) in [5.41, 5.74) is 5.05. The first kappa shape index (κ1) is 14.8. The number of aryl methyl sites for hydroxylation is 2. The van der Waals surface area contributed by atoms with Gasteiger partial charge in [-0.05, 0) is 26.0 Å². The Morgan fingerprint density at radius 2 is 2.00 bits per heavy atom. The summed E-state index contributed by atoms with van der Waals surface area (Å²) in [5.74, 6) is 0.799. The molecule has 23 heavy (non-hydrogen) atoms. The van der Waals surface area contributed by atoms with Gasteiger partial charge in [-0.1, -0.05) is 18.2 Å². The van der Waals surface area contributed by atoms with Gasteiger partial charge in [0.2, 0.25) is 0 Å². The second-order valence-corrected chi connectivity index (χ2v) is 4.99.